The standard InChI is InChI=1S/C24H25FN4O5S/c1-5-34-24-21(33-3)11-10-19(27-24)20(13-35(4,31)32)28-14-29(30)22-15(2)17(12-26-23(22)28)16-8-6-7-9-18(16)25/h6-12,14,20H,5,13H2,1-4H3. The van der Waals surface area contributed by atoms with Crippen molar-refractivity contribution in [3.63, 3.8) is 0 Å². The highest BCUT2D eigenvalue weighted by molar-refractivity contribution is 7.90. The Labute approximate surface area is 202 Å². The van der Waals surface area contributed by atoms with Crippen LogP contribution in [0.25, 0.3) is 22.3 Å². The van der Waals surface area contributed by atoms with E-state index < -0.39 is 21.7 Å². The maximum atomic E-state index is 14.4. The van der Waals surface area contributed by atoms with E-state index in [2.05, 4.69) is 9.97 Å². The molecule has 0 spiro atoms. The maximum absolute atomic E-state index is 14.4. The summed E-state index contributed by atoms with van der Waals surface area (Å²) in [7, 11) is -2.03. The molecule has 0 N–H and O–H groups in total. The summed E-state index contributed by atoms with van der Waals surface area (Å²) >= 11 is 0. The molecule has 0 fully saturated rings. The Bertz CT molecular complexity index is 1500. The Hall–Kier alpha value is -3.73. The number of pyridine rings is 2. The first-order valence-electron chi connectivity index (χ1n) is 10.8. The lowest BCUT2D eigenvalue weighted by molar-refractivity contribution is -0.578. The van der Waals surface area contributed by atoms with Crippen molar-refractivity contribution < 1.29 is 27.0 Å². The fraction of sp³-hybridized carbons (Fsp3) is 0.292. The lowest BCUT2D eigenvalue weighted by atomic mass is 10.0. The van der Waals surface area contributed by atoms with Crippen molar-refractivity contribution in [1.82, 2.24) is 14.5 Å². The van der Waals surface area contributed by atoms with Gasteiger partial charge in [0.25, 0.3) is 11.5 Å². The van der Waals surface area contributed by atoms with E-state index in [1.165, 1.54) is 30.3 Å². The zero-order valence-corrected chi connectivity index (χ0v) is 20.5. The fourth-order valence-corrected chi connectivity index (χ4v) is 4.96. The zero-order chi connectivity index (χ0) is 25.3. The van der Waals surface area contributed by atoms with Gasteiger partial charge in [-0.3, -0.25) is 0 Å². The topological polar surface area (TPSA) is 110 Å². The number of benzene rings is 1. The molecule has 4 rings (SSSR count). The van der Waals surface area contributed by atoms with E-state index in [1.807, 2.05) is 0 Å². The number of sulfone groups is 1. The second-order valence-corrected chi connectivity index (χ2v) is 10.3. The normalized spacial score (nSPS) is 12.6. The molecule has 0 amide bonds. The first kappa shape index (κ1) is 24.4. The first-order valence-corrected chi connectivity index (χ1v) is 12.9. The van der Waals surface area contributed by atoms with Gasteiger partial charge in [0.2, 0.25) is 11.8 Å². The van der Waals surface area contributed by atoms with Crippen LogP contribution in [0.1, 0.15) is 24.2 Å². The Morgan fingerprint density at radius 2 is 1.94 bits per heavy atom. The van der Waals surface area contributed by atoms with Crippen LogP contribution in [0.15, 0.2) is 48.9 Å². The molecule has 0 aliphatic heterocycles. The number of ether oxygens (including phenoxy) is 2. The number of methoxy groups -OCH3 is 1. The van der Waals surface area contributed by atoms with Crippen LogP contribution in [-0.4, -0.2) is 48.7 Å². The summed E-state index contributed by atoms with van der Waals surface area (Å²) in [5.41, 5.74) is 2.13. The van der Waals surface area contributed by atoms with Crippen molar-refractivity contribution in [2.24, 2.45) is 0 Å². The summed E-state index contributed by atoms with van der Waals surface area (Å²) in [5.74, 6) is -0.163. The van der Waals surface area contributed by atoms with Gasteiger partial charge in [0.05, 0.1) is 25.2 Å². The number of halogens is 1. The molecule has 0 radical (unpaired) electrons. The fourth-order valence-electron chi connectivity index (χ4n) is 4.05. The van der Waals surface area contributed by atoms with E-state index in [4.69, 9.17) is 9.47 Å². The van der Waals surface area contributed by atoms with Crippen LogP contribution in [0.2, 0.25) is 0 Å². The average molecular weight is 501 g/mol. The van der Waals surface area contributed by atoms with Crippen molar-refractivity contribution in [1.29, 1.82) is 0 Å². The van der Waals surface area contributed by atoms with Crippen LogP contribution in [0.4, 0.5) is 4.39 Å². The SMILES string of the molecule is CCOc1nc(C(CS(C)(=O)=O)n2c[n+]([O-])c3c(C)c(-c4ccccc4F)cnc32)ccc1OC. The average Bonchev–Trinajstić information content (AvgIpc) is 3.15. The van der Waals surface area contributed by atoms with Gasteiger partial charge in [-0.05, 0) is 32.0 Å². The Morgan fingerprint density at radius 1 is 1.20 bits per heavy atom. The van der Waals surface area contributed by atoms with Crippen LogP contribution in [0.5, 0.6) is 11.6 Å². The second kappa shape index (κ2) is 9.49. The largest absolute Gasteiger partial charge is 0.710 e. The summed E-state index contributed by atoms with van der Waals surface area (Å²) in [4.78, 5) is 8.93. The van der Waals surface area contributed by atoms with Crippen molar-refractivity contribution in [2.45, 2.75) is 19.9 Å². The molecule has 0 bridgehead atoms. The summed E-state index contributed by atoms with van der Waals surface area (Å²) in [6.07, 6.45) is 3.83. The minimum Gasteiger partial charge on any atom is -0.710 e. The van der Waals surface area contributed by atoms with Crippen LogP contribution in [-0.2, 0) is 9.84 Å². The number of rotatable bonds is 8. The van der Waals surface area contributed by atoms with Crippen LogP contribution in [0, 0.1) is 17.9 Å². The molecule has 0 saturated heterocycles. The number of hydrogen-bond donors (Lipinski definition) is 0. The van der Waals surface area contributed by atoms with Gasteiger partial charge in [-0.2, -0.15) is 0 Å². The lowest BCUT2D eigenvalue weighted by Crippen LogP contribution is -2.26. The molecular formula is C24H25FN4O5S. The Balaban J connectivity index is 1.92. The molecule has 0 aliphatic rings. The number of imidazole rings is 1. The van der Waals surface area contributed by atoms with Crippen molar-refractivity contribution >= 4 is 21.0 Å². The molecular weight excluding hydrogens is 475 g/mol. The molecule has 1 aromatic carbocycles. The van der Waals surface area contributed by atoms with Crippen molar-refractivity contribution in [3.8, 4) is 22.8 Å². The van der Waals surface area contributed by atoms with E-state index in [-0.39, 0.29) is 22.8 Å². The minimum absolute atomic E-state index is 0.211. The van der Waals surface area contributed by atoms with Gasteiger partial charge in [0.1, 0.15) is 5.82 Å². The molecule has 3 aromatic heterocycles. The number of aryl methyl sites for hydroxylation is 1. The van der Waals surface area contributed by atoms with Gasteiger partial charge in [-0.1, -0.05) is 18.2 Å². The summed E-state index contributed by atoms with van der Waals surface area (Å²) < 4.78 is 52.1. The third kappa shape index (κ3) is 4.76. The highest BCUT2D eigenvalue weighted by Crippen LogP contribution is 2.32. The molecule has 1 unspecified atom stereocenters. The molecule has 11 heteroatoms. The monoisotopic (exact) mass is 500 g/mol. The first-order chi connectivity index (χ1) is 16.6. The van der Waals surface area contributed by atoms with E-state index >= 15 is 0 Å². The van der Waals surface area contributed by atoms with Gasteiger partial charge in [-0.25, -0.2) is 32.1 Å². The minimum atomic E-state index is -3.51. The third-order valence-electron chi connectivity index (χ3n) is 5.63. The molecule has 0 aliphatic carbocycles. The van der Waals surface area contributed by atoms with E-state index in [1.54, 1.807) is 44.2 Å². The highest BCUT2D eigenvalue weighted by Gasteiger charge is 2.31. The molecule has 3 heterocycles. The van der Waals surface area contributed by atoms with Gasteiger partial charge >= 0.3 is 0 Å². The number of hydrogen-bond acceptors (Lipinski definition) is 7. The highest BCUT2D eigenvalue weighted by atomic mass is 32.2. The second-order valence-electron chi connectivity index (χ2n) is 8.08. The van der Waals surface area contributed by atoms with Gasteiger partial charge < -0.3 is 14.7 Å². The van der Waals surface area contributed by atoms with Crippen LogP contribution < -0.4 is 14.2 Å². The predicted octanol–water partition coefficient (Wildman–Crippen LogP) is 3.22. The number of nitrogens with zero attached hydrogens (tertiary/aromatic N) is 4. The molecule has 9 nitrogen and oxygen atoms in total. The molecule has 1 atom stereocenters. The van der Waals surface area contributed by atoms with E-state index in [9.17, 15) is 18.0 Å². The van der Waals surface area contributed by atoms with E-state index in [0.29, 0.717) is 39.5 Å². The van der Waals surface area contributed by atoms with Crippen LogP contribution in [0.3, 0.4) is 0 Å². The predicted molar refractivity (Wildman–Crippen MR) is 129 cm³/mol. The molecule has 0 saturated carbocycles. The maximum Gasteiger partial charge on any atom is 0.269 e. The third-order valence-corrected chi connectivity index (χ3v) is 6.55. The Kier molecular flexibility index (Phi) is 6.62. The van der Waals surface area contributed by atoms with Crippen molar-refractivity contribution in [2.75, 3.05) is 25.7 Å². The van der Waals surface area contributed by atoms with Gasteiger partial charge in [-0.15, -0.1) is 0 Å². The lowest BCUT2D eigenvalue weighted by Gasteiger charge is -2.16. The van der Waals surface area contributed by atoms with E-state index in [0.717, 1.165) is 6.26 Å². The summed E-state index contributed by atoms with van der Waals surface area (Å²) in [5, 5.41) is 13.0. The molecule has 184 valence electrons. The Morgan fingerprint density at radius 3 is 2.60 bits per heavy atom. The van der Waals surface area contributed by atoms with Gasteiger partial charge in [0.15, 0.2) is 21.6 Å². The van der Waals surface area contributed by atoms with Crippen LogP contribution >= 0.6 is 0 Å². The number of fused-ring (bicyclic) bond motifs is 1. The van der Waals surface area contributed by atoms with Gasteiger partial charge in [0, 0.05) is 29.1 Å². The van der Waals surface area contributed by atoms with Crippen molar-refractivity contribution in [3.05, 3.63) is 71.2 Å². The quantitative estimate of drug-likeness (QED) is 0.270. The zero-order valence-electron chi connectivity index (χ0n) is 19.7. The molecule has 4 aromatic rings. The smallest absolute Gasteiger partial charge is 0.269 e. The molecule has 35 heavy (non-hydrogen) atoms. The number of aromatic nitrogens is 4. The summed E-state index contributed by atoms with van der Waals surface area (Å²) in [6, 6.07) is 8.61. The summed E-state index contributed by atoms with van der Waals surface area (Å²) in [6.45, 7) is 3.83.